The van der Waals surface area contributed by atoms with E-state index in [2.05, 4.69) is 32.7 Å². The van der Waals surface area contributed by atoms with Crippen molar-refractivity contribution in [1.82, 2.24) is 4.90 Å². The molecule has 1 rings (SSSR count). The fourth-order valence-electron chi connectivity index (χ4n) is 2.19. The first-order chi connectivity index (χ1) is 9.00. The molecule has 108 valence electrons. The second kappa shape index (κ2) is 8.05. The van der Waals surface area contributed by atoms with Crippen LogP contribution < -0.4 is 10.5 Å². The van der Waals surface area contributed by atoms with Gasteiger partial charge in [0.25, 0.3) is 0 Å². The number of hydrogen-bond donors (Lipinski definition) is 1. The van der Waals surface area contributed by atoms with E-state index < -0.39 is 0 Å². The van der Waals surface area contributed by atoms with Crippen molar-refractivity contribution >= 4 is 5.69 Å². The molecule has 1 aromatic carbocycles. The predicted molar refractivity (Wildman–Crippen MR) is 82.5 cm³/mol. The summed E-state index contributed by atoms with van der Waals surface area (Å²) in [7, 11) is 2.18. The first kappa shape index (κ1) is 15.8. The average Bonchev–Trinajstić information content (AvgIpc) is 2.35. The Bertz CT molecular complexity index is 366. The van der Waals surface area contributed by atoms with E-state index in [-0.39, 0.29) is 0 Å². The summed E-state index contributed by atoms with van der Waals surface area (Å²) in [6.07, 6.45) is 2.26. The van der Waals surface area contributed by atoms with Gasteiger partial charge < -0.3 is 15.4 Å². The van der Waals surface area contributed by atoms with Gasteiger partial charge in [0, 0.05) is 12.6 Å². The van der Waals surface area contributed by atoms with Gasteiger partial charge in [0.15, 0.2) is 0 Å². The van der Waals surface area contributed by atoms with E-state index >= 15 is 0 Å². The molecule has 0 fully saturated rings. The van der Waals surface area contributed by atoms with Gasteiger partial charge in [-0.25, -0.2) is 0 Å². The van der Waals surface area contributed by atoms with Crippen LogP contribution in [0.25, 0.3) is 0 Å². The molecule has 1 aromatic rings. The molecule has 0 aliphatic heterocycles. The smallest absolute Gasteiger partial charge is 0.142 e. The monoisotopic (exact) mass is 264 g/mol. The van der Waals surface area contributed by atoms with Crippen molar-refractivity contribution < 1.29 is 4.74 Å². The maximum absolute atomic E-state index is 5.83. The molecule has 0 saturated heterocycles. The molecule has 0 amide bonds. The Balaban J connectivity index is 2.22. The Morgan fingerprint density at radius 3 is 2.53 bits per heavy atom. The van der Waals surface area contributed by atoms with Gasteiger partial charge in [-0.05, 0) is 44.9 Å². The standard InChI is InChI=1S/C16H28N2O/c1-13(2)12-14(3)18(4)10-7-11-19-16-9-6-5-8-15(16)17/h5-6,8-9,13-14H,7,10-12,17H2,1-4H3. The van der Waals surface area contributed by atoms with Gasteiger partial charge in [-0.1, -0.05) is 26.0 Å². The first-order valence-corrected chi connectivity index (χ1v) is 7.18. The van der Waals surface area contributed by atoms with Crippen LogP contribution in [0.15, 0.2) is 24.3 Å². The average molecular weight is 264 g/mol. The summed E-state index contributed by atoms with van der Waals surface area (Å²) in [5.41, 5.74) is 6.54. The van der Waals surface area contributed by atoms with Crippen LogP contribution >= 0.6 is 0 Å². The summed E-state index contributed by atoms with van der Waals surface area (Å²) in [5, 5.41) is 0. The highest BCUT2D eigenvalue weighted by molar-refractivity contribution is 5.51. The number of anilines is 1. The van der Waals surface area contributed by atoms with Crippen molar-refractivity contribution in [2.75, 3.05) is 25.9 Å². The summed E-state index contributed by atoms with van der Waals surface area (Å²) in [4.78, 5) is 2.40. The molecular weight excluding hydrogens is 236 g/mol. The Morgan fingerprint density at radius 2 is 1.89 bits per heavy atom. The Morgan fingerprint density at radius 1 is 1.21 bits per heavy atom. The van der Waals surface area contributed by atoms with E-state index in [1.807, 2.05) is 24.3 Å². The molecule has 0 aliphatic rings. The van der Waals surface area contributed by atoms with E-state index in [0.717, 1.165) is 24.6 Å². The molecule has 19 heavy (non-hydrogen) atoms. The zero-order valence-corrected chi connectivity index (χ0v) is 12.7. The van der Waals surface area contributed by atoms with Gasteiger partial charge in [0.05, 0.1) is 12.3 Å². The number of rotatable bonds is 8. The number of benzene rings is 1. The highest BCUT2D eigenvalue weighted by Gasteiger charge is 2.10. The SMILES string of the molecule is CC(C)CC(C)N(C)CCCOc1ccccc1N. The lowest BCUT2D eigenvalue weighted by atomic mass is 10.0. The Kier molecular flexibility index (Phi) is 6.71. The molecule has 0 bridgehead atoms. The Labute approximate surface area is 117 Å². The van der Waals surface area contributed by atoms with Crippen LogP contribution in [0.3, 0.4) is 0 Å². The molecule has 2 N–H and O–H groups in total. The molecular formula is C16H28N2O. The molecule has 0 aliphatic carbocycles. The van der Waals surface area contributed by atoms with Crippen LogP contribution in [0, 0.1) is 5.92 Å². The number of hydrogen-bond acceptors (Lipinski definition) is 3. The van der Waals surface area contributed by atoms with Gasteiger partial charge in [-0.3, -0.25) is 0 Å². The summed E-state index contributed by atoms with van der Waals surface area (Å²) < 4.78 is 5.70. The predicted octanol–water partition coefficient (Wildman–Crippen LogP) is 3.40. The van der Waals surface area contributed by atoms with E-state index in [9.17, 15) is 0 Å². The third kappa shape index (κ3) is 5.97. The lowest BCUT2D eigenvalue weighted by Gasteiger charge is -2.26. The van der Waals surface area contributed by atoms with Gasteiger partial charge in [0.2, 0.25) is 0 Å². The molecule has 0 aromatic heterocycles. The molecule has 0 spiro atoms. The molecule has 0 saturated carbocycles. The van der Waals surface area contributed by atoms with Crippen LogP contribution in [-0.4, -0.2) is 31.1 Å². The summed E-state index contributed by atoms with van der Waals surface area (Å²) in [6, 6.07) is 8.28. The summed E-state index contributed by atoms with van der Waals surface area (Å²) >= 11 is 0. The van der Waals surface area contributed by atoms with Crippen molar-refractivity contribution in [2.45, 2.75) is 39.7 Å². The molecule has 0 heterocycles. The second-order valence-corrected chi connectivity index (χ2v) is 5.70. The van der Waals surface area contributed by atoms with E-state index in [4.69, 9.17) is 10.5 Å². The Hall–Kier alpha value is -1.22. The quantitative estimate of drug-likeness (QED) is 0.577. The van der Waals surface area contributed by atoms with Gasteiger partial charge in [0.1, 0.15) is 5.75 Å². The topological polar surface area (TPSA) is 38.5 Å². The first-order valence-electron chi connectivity index (χ1n) is 7.18. The second-order valence-electron chi connectivity index (χ2n) is 5.70. The minimum absolute atomic E-state index is 0.627. The zero-order chi connectivity index (χ0) is 14.3. The maximum atomic E-state index is 5.83. The lowest BCUT2D eigenvalue weighted by molar-refractivity contribution is 0.205. The fourth-order valence-corrected chi connectivity index (χ4v) is 2.19. The largest absolute Gasteiger partial charge is 0.491 e. The van der Waals surface area contributed by atoms with Crippen LogP contribution in [0.5, 0.6) is 5.75 Å². The third-order valence-corrected chi connectivity index (χ3v) is 3.40. The number of para-hydroxylation sites is 2. The van der Waals surface area contributed by atoms with Crippen molar-refractivity contribution in [3.63, 3.8) is 0 Å². The van der Waals surface area contributed by atoms with Crippen LogP contribution in [0.1, 0.15) is 33.6 Å². The minimum atomic E-state index is 0.627. The van der Waals surface area contributed by atoms with Gasteiger partial charge in [-0.15, -0.1) is 0 Å². The van der Waals surface area contributed by atoms with Crippen molar-refractivity contribution in [2.24, 2.45) is 5.92 Å². The number of nitrogen functional groups attached to an aromatic ring is 1. The van der Waals surface area contributed by atoms with E-state index in [0.29, 0.717) is 18.3 Å². The minimum Gasteiger partial charge on any atom is -0.491 e. The zero-order valence-electron chi connectivity index (χ0n) is 12.7. The highest BCUT2D eigenvalue weighted by atomic mass is 16.5. The molecule has 0 radical (unpaired) electrons. The number of nitrogens with zero attached hydrogens (tertiary/aromatic N) is 1. The lowest BCUT2D eigenvalue weighted by Crippen LogP contribution is -2.31. The number of ether oxygens (including phenoxy) is 1. The van der Waals surface area contributed by atoms with Crippen LogP contribution in [-0.2, 0) is 0 Å². The van der Waals surface area contributed by atoms with Crippen LogP contribution in [0.2, 0.25) is 0 Å². The normalized spacial score (nSPS) is 12.9. The molecule has 1 unspecified atom stereocenters. The fraction of sp³-hybridized carbons (Fsp3) is 0.625. The molecule has 3 nitrogen and oxygen atoms in total. The van der Waals surface area contributed by atoms with Crippen molar-refractivity contribution in [3.8, 4) is 5.75 Å². The van der Waals surface area contributed by atoms with E-state index in [1.165, 1.54) is 6.42 Å². The maximum Gasteiger partial charge on any atom is 0.142 e. The van der Waals surface area contributed by atoms with Gasteiger partial charge in [-0.2, -0.15) is 0 Å². The van der Waals surface area contributed by atoms with Crippen LogP contribution in [0.4, 0.5) is 5.69 Å². The highest BCUT2D eigenvalue weighted by Crippen LogP contribution is 2.19. The van der Waals surface area contributed by atoms with E-state index in [1.54, 1.807) is 0 Å². The number of nitrogens with two attached hydrogens (primary N) is 1. The molecule has 3 heteroatoms. The third-order valence-electron chi connectivity index (χ3n) is 3.40. The summed E-state index contributed by atoms with van der Waals surface area (Å²) in [6.45, 7) is 8.60. The molecule has 1 atom stereocenters. The van der Waals surface area contributed by atoms with Crippen molar-refractivity contribution in [3.05, 3.63) is 24.3 Å². The van der Waals surface area contributed by atoms with Crippen molar-refractivity contribution in [1.29, 1.82) is 0 Å². The summed E-state index contributed by atoms with van der Waals surface area (Å²) in [5.74, 6) is 1.54. The van der Waals surface area contributed by atoms with Gasteiger partial charge >= 0.3 is 0 Å².